The van der Waals surface area contributed by atoms with Crippen LogP contribution in [-0.4, -0.2) is 37.7 Å². The number of nitrogens with one attached hydrogen (secondary N) is 1. The van der Waals surface area contributed by atoms with Crippen LogP contribution in [0.15, 0.2) is 10.7 Å². The van der Waals surface area contributed by atoms with Crippen LogP contribution in [0, 0.1) is 6.92 Å². The molecule has 0 aromatic carbocycles. The van der Waals surface area contributed by atoms with Crippen LogP contribution in [0.2, 0.25) is 0 Å². The largest absolute Gasteiger partial charge is 0.365 e. The lowest BCUT2D eigenvalue weighted by molar-refractivity contribution is 0.0997. The Balaban J connectivity index is 1.81. The summed E-state index contributed by atoms with van der Waals surface area (Å²) in [7, 11) is 0. The maximum absolute atomic E-state index is 11.4. The van der Waals surface area contributed by atoms with E-state index in [1.807, 2.05) is 0 Å². The highest BCUT2D eigenvalue weighted by Gasteiger charge is 2.31. The van der Waals surface area contributed by atoms with Gasteiger partial charge in [-0.2, -0.15) is 10.1 Å². The number of amides is 1. The van der Waals surface area contributed by atoms with E-state index >= 15 is 0 Å². The number of likely N-dealkylation sites (tertiary alicyclic amines) is 1. The van der Waals surface area contributed by atoms with E-state index in [0.29, 0.717) is 23.8 Å². The predicted octanol–water partition coefficient (Wildman–Crippen LogP) is 0.537. The van der Waals surface area contributed by atoms with Crippen molar-refractivity contribution in [3.63, 3.8) is 0 Å². The van der Waals surface area contributed by atoms with E-state index in [-0.39, 0.29) is 6.04 Å². The van der Waals surface area contributed by atoms with Crippen LogP contribution in [0.1, 0.15) is 46.7 Å². The number of rotatable bonds is 4. The highest BCUT2D eigenvalue weighted by Crippen LogP contribution is 2.33. The fourth-order valence-electron chi connectivity index (χ4n) is 2.68. The number of carbonyl (C=O) groups excluding carboxylic acids is 1. The third-order valence-electron chi connectivity index (χ3n) is 3.55. The van der Waals surface area contributed by atoms with Gasteiger partial charge >= 0.3 is 0 Å². The molecular weight excluding hydrogens is 260 g/mol. The summed E-state index contributed by atoms with van der Waals surface area (Å²) in [5, 5.41) is 10.7. The number of aromatic nitrogens is 4. The summed E-state index contributed by atoms with van der Waals surface area (Å²) in [6, 6.07) is 0.0822. The number of hydrogen-bond acceptors (Lipinski definition) is 6. The first-order valence-electron chi connectivity index (χ1n) is 6.51. The molecule has 0 aliphatic carbocycles. The first-order chi connectivity index (χ1) is 9.65. The van der Waals surface area contributed by atoms with Gasteiger partial charge in [-0.1, -0.05) is 5.16 Å². The van der Waals surface area contributed by atoms with Crippen LogP contribution in [-0.2, 0) is 6.54 Å². The zero-order valence-corrected chi connectivity index (χ0v) is 11.2. The zero-order chi connectivity index (χ0) is 14.1. The number of primary amides is 1. The lowest BCUT2D eigenvalue weighted by Gasteiger charge is -2.22. The summed E-state index contributed by atoms with van der Waals surface area (Å²) in [6.45, 7) is 3.26. The standard InChI is InChI=1S/C12H16N6O2/c1-7-15-10(17-20-7)6-18-4-2-3-9(18)11-8(12(13)19)5-14-16-11/h5,9H,2-4,6H2,1H3,(H2,13,19)(H,14,16)/t9-/m1/s1. The van der Waals surface area contributed by atoms with Crippen molar-refractivity contribution in [1.82, 2.24) is 25.2 Å². The summed E-state index contributed by atoms with van der Waals surface area (Å²) in [6.07, 6.45) is 3.46. The molecule has 1 fully saturated rings. The van der Waals surface area contributed by atoms with E-state index in [9.17, 15) is 4.79 Å². The molecule has 8 nitrogen and oxygen atoms in total. The Morgan fingerprint density at radius 1 is 1.65 bits per heavy atom. The predicted molar refractivity (Wildman–Crippen MR) is 68.5 cm³/mol. The van der Waals surface area contributed by atoms with Gasteiger partial charge in [-0.3, -0.25) is 14.8 Å². The number of nitrogens with two attached hydrogens (primary N) is 1. The molecule has 0 spiro atoms. The Labute approximate surface area is 115 Å². The molecule has 0 radical (unpaired) electrons. The molecule has 2 aromatic rings. The van der Waals surface area contributed by atoms with Crippen molar-refractivity contribution in [2.45, 2.75) is 32.4 Å². The van der Waals surface area contributed by atoms with Gasteiger partial charge in [0.25, 0.3) is 5.91 Å². The second-order valence-electron chi connectivity index (χ2n) is 4.92. The van der Waals surface area contributed by atoms with Crippen LogP contribution >= 0.6 is 0 Å². The fraction of sp³-hybridized carbons (Fsp3) is 0.500. The Bertz CT molecular complexity index is 619. The third kappa shape index (κ3) is 2.29. The van der Waals surface area contributed by atoms with Crippen LogP contribution in [0.4, 0.5) is 0 Å². The molecule has 1 aliphatic rings. The van der Waals surface area contributed by atoms with Crippen LogP contribution < -0.4 is 5.73 Å². The molecule has 0 unspecified atom stereocenters. The summed E-state index contributed by atoms with van der Waals surface area (Å²) >= 11 is 0. The third-order valence-corrected chi connectivity index (χ3v) is 3.55. The van der Waals surface area contributed by atoms with Gasteiger partial charge in [0, 0.05) is 6.92 Å². The number of aromatic amines is 1. The van der Waals surface area contributed by atoms with Gasteiger partial charge in [-0.15, -0.1) is 0 Å². The van der Waals surface area contributed by atoms with Crippen LogP contribution in [0.3, 0.4) is 0 Å². The fourth-order valence-corrected chi connectivity index (χ4v) is 2.68. The average Bonchev–Trinajstić information content (AvgIpc) is 3.09. The molecule has 8 heteroatoms. The van der Waals surface area contributed by atoms with Gasteiger partial charge in [0.2, 0.25) is 5.89 Å². The van der Waals surface area contributed by atoms with E-state index < -0.39 is 5.91 Å². The number of carbonyl (C=O) groups is 1. The Morgan fingerprint density at radius 2 is 2.50 bits per heavy atom. The normalized spacial score (nSPS) is 19.6. The summed E-state index contributed by atoms with van der Waals surface area (Å²) in [4.78, 5) is 17.8. The van der Waals surface area contributed by atoms with Crippen molar-refractivity contribution in [1.29, 1.82) is 0 Å². The van der Waals surface area contributed by atoms with Crippen LogP contribution in [0.25, 0.3) is 0 Å². The monoisotopic (exact) mass is 276 g/mol. The van der Waals surface area contributed by atoms with E-state index in [2.05, 4.69) is 25.2 Å². The number of aryl methyl sites for hydroxylation is 1. The van der Waals surface area contributed by atoms with E-state index in [1.165, 1.54) is 6.20 Å². The summed E-state index contributed by atoms with van der Waals surface area (Å²) in [5.41, 5.74) is 6.59. The molecule has 1 atom stereocenters. The van der Waals surface area contributed by atoms with Gasteiger partial charge in [-0.25, -0.2) is 0 Å². The Morgan fingerprint density at radius 3 is 3.20 bits per heavy atom. The van der Waals surface area contributed by atoms with Crippen molar-refractivity contribution in [2.75, 3.05) is 6.54 Å². The second-order valence-corrected chi connectivity index (χ2v) is 4.92. The molecule has 3 heterocycles. The minimum atomic E-state index is -0.462. The molecule has 0 bridgehead atoms. The molecule has 3 N–H and O–H groups in total. The topological polar surface area (TPSA) is 114 Å². The maximum Gasteiger partial charge on any atom is 0.252 e. The molecule has 2 aromatic heterocycles. The molecule has 3 rings (SSSR count). The summed E-state index contributed by atoms with van der Waals surface area (Å²) < 4.78 is 4.98. The van der Waals surface area contributed by atoms with Crippen molar-refractivity contribution >= 4 is 5.91 Å². The molecule has 0 saturated carbocycles. The van der Waals surface area contributed by atoms with E-state index in [0.717, 1.165) is 25.1 Å². The average molecular weight is 276 g/mol. The zero-order valence-electron chi connectivity index (χ0n) is 11.2. The number of nitrogens with zero attached hydrogens (tertiary/aromatic N) is 4. The maximum atomic E-state index is 11.4. The Hall–Kier alpha value is -2.22. The highest BCUT2D eigenvalue weighted by molar-refractivity contribution is 5.93. The molecule has 1 aliphatic heterocycles. The van der Waals surface area contributed by atoms with Crippen LogP contribution in [0.5, 0.6) is 0 Å². The summed E-state index contributed by atoms with van der Waals surface area (Å²) in [5.74, 6) is 0.737. The van der Waals surface area contributed by atoms with E-state index in [4.69, 9.17) is 10.3 Å². The number of H-pyrrole nitrogens is 1. The molecule has 1 saturated heterocycles. The first-order valence-corrected chi connectivity index (χ1v) is 6.51. The van der Waals surface area contributed by atoms with Gasteiger partial charge in [0.15, 0.2) is 5.82 Å². The lowest BCUT2D eigenvalue weighted by atomic mass is 10.1. The first kappa shape index (κ1) is 12.8. The Kier molecular flexibility index (Phi) is 3.23. The SMILES string of the molecule is Cc1nc(CN2CCC[C@@H]2c2[nH]ncc2C(N)=O)no1. The van der Waals surface area contributed by atoms with Gasteiger partial charge in [0.1, 0.15) is 0 Å². The van der Waals surface area contributed by atoms with Crippen molar-refractivity contribution in [3.05, 3.63) is 29.2 Å². The van der Waals surface area contributed by atoms with E-state index in [1.54, 1.807) is 6.92 Å². The molecule has 106 valence electrons. The van der Waals surface area contributed by atoms with Crippen molar-refractivity contribution in [3.8, 4) is 0 Å². The van der Waals surface area contributed by atoms with Gasteiger partial charge < -0.3 is 10.3 Å². The molecule has 20 heavy (non-hydrogen) atoms. The van der Waals surface area contributed by atoms with Gasteiger partial charge in [0.05, 0.1) is 30.0 Å². The number of hydrogen-bond donors (Lipinski definition) is 2. The van der Waals surface area contributed by atoms with Crippen molar-refractivity contribution in [2.24, 2.45) is 5.73 Å². The molecular formula is C12H16N6O2. The van der Waals surface area contributed by atoms with Crippen molar-refractivity contribution < 1.29 is 9.32 Å². The van der Waals surface area contributed by atoms with Gasteiger partial charge in [-0.05, 0) is 19.4 Å². The smallest absolute Gasteiger partial charge is 0.252 e. The molecule has 1 amide bonds. The second kappa shape index (κ2) is 5.04. The quantitative estimate of drug-likeness (QED) is 0.842. The lowest BCUT2D eigenvalue weighted by Crippen LogP contribution is -2.25. The minimum absolute atomic E-state index is 0.0822. The highest BCUT2D eigenvalue weighted by atomic mass is 16.5. The minimum Gasteiger partial charge on any atom is -0.365 e.